The van der Waals surface area contributed by atoms with Gasteiger partial charge >= 0.3 is 0 Å². The third-order valence-electron chi connectivity index (χ3n) is 1.74. The summed E-state index contributed by atoms with van der Waals surface area (Å²) in [5.41, 5.74) is 7.74. The van der Waals surface area contributed by atoms with Gasteiger partial charge in [0.15, 0.2) is 0 Å². The Labute approximate surface area is 65.0 Å². The van der Waals surface area contributed by atoms with Gasteiger partial charge in [0.1, 0.15) is 5.82 Å². The zero-order chi connectivity index (χ0) is 7.84. The molecule has 56 valence electrons. The van der Waals surface area contributed by atoms with Gasteiger partial charge in [-0.3, -0.25) is 4.99 Å². The Balaban J connectivity index is 2.33. The average Bonchev–Trinajstić information content (AvgIpc) is 2.67. The number of aromatic nitrogens is 1. The number of nitrogens with zero attached hydrogens (tertiary/aromatic N) is 2. The molecule has 0 bridgehead atoms. The number of rotatable bonds is 1. The third kappa shape index (κ3) is 1.09. The molecule has 11 heavy (non-hydrogen) atoms. The predicted octanol–water partition coefficient (Wildman–Crippen LogP) is 0.855. The predicted molar refractivity (Wildman–Crippen MR) is 44.6 cm³/mol. The number of aliphatic imine (C=N–C) groups is 1. The van der Waals surface area contributed by atoms with Crippen LogP contribution in [0.5, 0.6) is 0 Å². The molecule has 1 aliphatic rings. The molecule has 0 aromatic carbocycles. The smallest absolute Gasteiger partial charge is 0.123 e. The maximum absolute atomic E-state index is 5.50. The minimum atomic E-state index is 0.386. The fraction of sp³-hybridized carbons (Fsp3) is 0.250. The van der Waals surface area contributed by atoms with E-state index in [2.05, 4.69) is 16.9 Å². The Morgan fingerprint density at radius 3 is 2.82 bits per heavy atom. The minimum absolute atomic E-state index is 0.386. The molecule has 3 nitrogen and oxygen atoms in total. The van der Waals surface area contributed by atoms with Crippen LogP contribution in [0.1, 0.15) is 12.5 Å². The van der Waals surface area contributed by atoms with Gasteiger partial charge in [-0.05, 0) is 19.1 Å². The van der Waals surface area contributed by atoms with E-state index in [1.165, 1.54) is 0 Å². The first-order chi connectivity index (χ1) is 5.27. The maximum atomic E-state index is 5.50. The molecule has 2 N–H and O–H groups in total. The lowest BCUT2D eigenvalue weighted by Crippen LogP contribution is -1.97. The largest absolute Gasteiger partial charge is 0.384 e. The molecule has 1 aromatic heterocycles. The number of nitrogen functional groups attached to an aromatic ring is 1. The Morgan fingerprint density at radius 1 is 1.55 bits per heavy atom. The molecule has 2 rings (SSSR count). The zero-order valence-electron chi connectivity index (χ0n) is 6.28. The van der Waals surface area contributed by atoms with Gasteiger partial charge in [0.05, 0.1) is 11.8 Å². The number of pyridine rings is 1. The van der Waals surface area contributed by atoms with E-state index in [4.69, 9.17) is 5.73 Å². The van der Waals surface area contributed by atoms with Crippen LogP contribution in [0.25, 0.3) is 0 Å². The zero-order valence-corrected chi connectivity index (χ0v) is 6.28. The van der Waals surface area contributed by atoms with Gasteiger partial charge in [0.2, 0.25) is 0 Å². The van der Waals surface area contributed by atoms with E-state index in [-0.39, 0.29) is 0 Å². The molecule has 3 heteroatoms. The Kier molecular flexibility index (Phi) is 1.18. The van der Waals surface area contributed by atoms with Crippen LogP contribution in [0.3, 0.4) is 0 Å². The van der Waals surface area contributed by atoms with E-state index in [0.717, 1.165) is 11.3 Å². The summed E-state index contributed by atoms with van der Waals surface area (Å²) in [4.78, 5) is 8.10. The summed E-state index contributed by atoms with van der Waals surface area (Å²) in [6.07, 6.45) is 1.71. The number of hydrogen-bond acceptors (Lipinski definition) is 3. The van der Waals surface area contributed by atoms with Gasteiger partial charge in [-0.25, -0.2) is 4.98 Å². The van der Waals surface area contributed by atoms with E-state index in [1.54, 1.807) is 6.20 Å². The molecule has 0 saturated heterocycles. The lowest BCUT2D eigenvalue weighted by molar-refractivity contribution is 1.14. The molecule has 1 unspecified atom stereocenters. The fourth-order valence-electron chi connectivity index (χ4n) is 1.09. The van der Waals surface area contributed by atoms with Crippen LogP contribution in [0.15, 0.2) is 23.3 Å². The van der Waals surface area contributed by atoms with Crippen molar-refractivity contribution in [3.8, 4) is 0 Å². The van der Waals surface area contributed by atoms with Crippen molar-refractivity contribution in [1.82, 2.24) is 4.98 Å². The molecular weight excluding hydrogens is 138 g/mol. The van der Waals surface area contributed by atoms with Gasteiger partial charge in [0.25, 0.3) is 0 Å². The molecule has 0 aliphatic carbocycles. The van der Waals surface area contributed by atoms with E-state index in [9.17, 15) is 0 Å². The highest BCUT2D eigenvalue weighted by molar-refractivity contribution is 6.13. The SMILES string of the molecule is CC1N=C1c1ccnc(N)c1. The standard InChI is InChI=1S/C8H9N3/c1-5-8(11-5)6-2-3-10-7(9)4-6/h2-5H,1H3,(H2,9,10). The van der Waals surface area contributed by atoms with Crippen molar-refractivity contribution in [2.24, 2.45) is 4.99 Å². The van der Waals surface area contributed by atoms with Crippen LogP contribution in [0.2, 0.25) is 0 Å². The van der Waals surface area contributed by atoms with Crippen LogP contribution in [0, 0.1) is 0 Å². The molecule has 0 fully saturated rings. The van der Waals surface area contributed by atoms with E-state index >= 15 is 0 Å². The molecule has 2 heterocycles. The van der Waals surface area contributed by atoms with Gasteiger partial charge < -0.3 is 5.73 Å². The highest BCUT2D eigenvalue weighted by Gasteiger charge is 2.23. The monoisotopic (exact) mass is 147 g/mol. The fourth-order valence-corrected chi connectivity index (χ4v) is 1.09. The van der Waals surface area contributed by atoms with Crippen LogP contribution >= 0.6 is 0 Å². The van der Waals surface area contributed by atoms with Crippen molar-refractivity contribution < 1.29 is 0 Å². The lowest BCUT2D eigenvalue weighted by Gasteiger charge is -1.93. The minimum Gasteiger partial charge on any atom is -0.384 e. The summed E-state index contributed by atoms with van der Waals surface area (Å²) in [5, 5.41) is 0. The Hall–Kier alpha value is -1.38. The van der Waals surface area contributed by atoms with Gasteiger partial charge in [0, 0.05) is 11.8 Å². The molecule has 0 saturated carbocycles. The van der Waals surface area contributed by atoms with Crippen LogP contribution in [0.4, 0.5) is 5.82 Å². The first-order valence-electron chi connectivity index (χ1n) is 3.57. The number of hydrogen-bond donors (Lipinski definition) is 1. The summed E-state index contributed by atoms with van der Waals surface area (Å²) >= 11 is 0. The van der Waals surface area contributed by atoms with Crippen molar-refractivity contribution in [3.63, 3.8) is 0 Å². The van der Waals surface area contributed by atoms with Crippen molar-refractivity contribution in [1.29, 1.82) is 0 Å². The maximum Gasteiger partial charge on any atom is 0.123 e. The second kappa shape index (κ2) is 2.05. The topological polar surface area (TPSA) is 51.3 Å². The number of nitrogens with two attached hydrogens (primary N) is 1. The van der Waals surface area contributed by atoms with E-state index in [1.807, 2.05) is 12.1 Å². The summed E-state index contributed by atoms with van der Waals surface area (Å²) in [6.45, 7) is 2.06. The summed E-state index contributed by atoms with van der Waals surface area (Å²) in [7, 11) is 0. The van der Waals surface area contributed by atoms with Gasteiger partial charge in [-0.1, -0.05) is 0 Å². The highest BCUT2D eigenvalue weighted by Crippen LogP contribution is 2.19. The quantitative estimate of drug-likeness (QED) is 0.640. The van der Waals surface area contributed by atoms with Crippen molar-refractivity contribution in [3.05, 3.63) is 23.9 Å². The van der Waals surface area contributed by atoms with E-state index < -0.39 is 0 Å². The molecule has 0 amide bonds. The normalized spacial score (nSPS) is 21.2. The van der Waals surface area contributed by atoms with Crippen molar-refractivity contribution >= 4 is 11.5 Å². The first-order valence-corrected chi connectivity index (χ1v) is 3.57. The van der Waals surface area contributed by atoms with Crippen molar-refractivity contribution in [2.75, 3.05) is 5.73 Å². The molecule has 0 radical (unpaired) electrons. The molecule has 1 aromatic rings. The highest BCUT2D eigenvalue weighted by atomic mass is 15.0. The molecule has 0 spiro atoms. The van der Waals surface area contributed by atoms with Crippen LogP contribution < -0.4 is 5.73 Å². The Bertz CT molecular complexity index is 317. The molecule has 1 atom stereocenters. The first kappa shape index (κ1) is 6.34. The summed E-state index contributed by atoms with van der Waals surface area (Å²) < 4.78 is 0. The number of anilines is 1. The summed E-state index contributed by atoms with van der Waals surface area (Å²) in [6, 6.07) is 4.16. The molecule has 1 aliphatic heterocycles. The van der Waals surface area contributed by atoms with Crippen molar-refractivity contribution in [2.45, 2.75) is 13.0 Å². The van der Waals surface area contributed by atoms with Crippen LogP contribution in [-0.2, 0) is 0 Å². The van der Waals surface area contributed by atoms with E-state index in [0.29, 0.717) is 11.9 Å². The van der Waals surface area contributed by atoms with Gasteiger partial charge in [-0.15, -0.1) is 0 Å². The van der Waals surface area contributed by atoms with Crippen LogP contribution in [-0.4, -0.2) is 16.7 Å². The second-order valence-electron chi connectivity index (χ2n) is 2.66. The second-order valence-corrected chi connectivity index (χ2v) is 2.66. The Morgan fingerprint density at radius 2 is 2.27 bits per heavy atom. The third-order valence-corrected chi connectivity index (χ3v) is 1.74. The average molecular weight is 147 g/mol. The molecular formula is C8H9N3. The van der Waals surface area contributed by atoms with Gasteiger partial charge in [-0.2, -0.15) is 0 Å². The lowest BCUT2D eigenvalue weighted by atomic mass is 10.1. The summed E-state index contributed by atoms with van der Waals surface area (Å²) in [5.74, 6) is 0.560.